The fourth-order valence-corrected chi connectivity index (χ4v) is 0.993. The topological polar surface area (TPSA) is 35.5 Å². The molecule has 0 aromatic carbocycles. The summed E-state index contributed by atoms with van der Waals surface area (Å²) in [4.78, 5) is 10.9. The quantitative estimate of drug-likeness (QED) is 0.538. The second kappa shape index (κ2) is 9.16. The Bertz CT molecular complexity index is 143. The van der Waals surface area contributed by atoms with Crippen molar-refractivity contribution >= 4 is 5.78 Å². The number of carbonyl (C=O) groups is 1. The number of carbonyl (C=O) groups excluding carboxylic acids is 1. The zero-order chi connectivity index (χ0) is 10.8. The first-order valence-corrected chi connectivity index (χ1v) is 5.37. The summed E-state index contributed by atoms with van der Waals surface area (Å²) >= 11 is 0. The van der Waals surface area contributed by atoms with Crippen molar-refractivity contribution in [1.82, 2.24) is 0 Å². The van der Waals surface area contributed by atoms with Gasteiger partial charge < -0.3 is 9.47 Å². The maximum Gasteiger partial charge on any atom is 0.132 e. The summed E-state index contributed by atoms with van der Waals surface area (Å²) in [6, 6.07) is 0. The molecule has 0 aromatic heterocycles. The van der Waals surface area contributed by atoms with E-state index >= 15 is 0 Å². The van der Waals surface area contributed by atoms with Crippen LogP contribution in [0.1, 0.15) is 40.0 Å². The molecule has 0 spiro atoms. The summed E-state index contributed by atoms with van der Waals surface area (Å²) in [6.45, 7) is 7.81. The lowest BCUT2D eigenvalue weighted by Gasteiger charge is -2.07. The van der Waals surface area contributed by atoms with Gasteiger partial charge in [0.15, 0.2) is 0 Å². The highest BCUT2D eigenvalue weighted by atomic mass is 16.5. The number of Topliss-reactive ketones (excluding diaryl/α,β-unsaturated/α-hetero) is 1. The van der Waals surface area contributed by atoms with Crippen molar-refractivity contribution in [3.8, 4) is 0 Å². The van der Waals surface area contributed by atoms with Gasteiger partial charge >= 0.3 is 0 Å². The molecule has 0 aliphatic heterocycles. The summed E-state index contributed by atoms with van der Waals surface area (Å²) < 4.78 is 10.6. The molecular formula is C11H22O3. The highest BCUT2D eigenvalue weighted by Crippen LogP contribution is 1.95. The van der Waals surface area contributed by atoms with Crippen LogP contribution in [0, 0.1) is 0 Å². The molecule has 0 fully saturated rings. The van der Waals surface area contributed by atoms with Crippen molar-refractivity contribution in [1.29, 1.82) is 0 Å². The van der Waals surface area contributed by atoms with E-state index < -0.39 is 0 Å². The first-order valence-electron chi connectivity index (χ1n) is 5.37. The van der Waals surface area contributed by atoms with Gasteiger partial charge in [0.05, 0.1) is 19.3 Å². The molecule has 0 unspecified atom stereocenters. The SMILES string of the molecule is CCC(=O)CCCOCCOC(C)C. The zero-order valence-electron chi connectivity index (χ0n) is 9.54. The monoisotopic (exact) mass is 202 g/mol. The summed E-state index contributed by atoms with van der Waals surface area (Å²) in [5.41, 5.74) is 0. The third-order valence-corrected chi connectivity index (χ3v) is 1.82. The van der Waals surface area contributed by atoms with Crippen molar-refractivity contribution in [3.05, 3.63) is 0 Å². The summed E-state index contributed by atoms with van der Waals surface area (Å²) in [7, 11) is 0. The molecule has 3 nitrogen and oxygen atoms in total. The Kier molecular flexibility index (Phi) is 8.89. The zero-order valence-corrected chi connectivity index (χ0v) is 9.54. The van der Waals surface area contributed by atoms with Crippen molar-refractivity contribution in [2.24, 2.45) is 0 Å². The second-order valence-corrected chi connectivity index (χ2v) is 3.53. The largest absolute Gasteiger partial charge is 0.379 e. The molecule has 0 atom stereocenters. The molecule has 0 saturated heterocycles. The minimum atomic E-state index is 0.264. The number of hydrogen-bond acceptors (Lipinski definition) is 3. The van der Waals surface area contributed by atoms with E-state index in [1.54, 1.807) is 0 Å². The Morgan fingerprint density at radius 1 is 1.21 bits per heavy atom. The molecular weight excluding hydrogens is 180 g/mol. The molecule has 0 amide bonds. The Morgan fingerprint density at radius 3 is 2.50 bits per heavy atom. The van der Waals surface area contributed by atoms with Crippen molar-refractivity contribution in [2.45, 2.75) is 46.1 Å². The molecule has 0 bridgehead atoms. The van der Waals surface area contributed by atoms with Crippen LogP contribution < -0.4 is 0 Å². The van der Waals surface area contributed by atoms with Gasteiger partial charge in [0.1, 0.15) is 5.78 Å². The van der Waals surface area contributed by atoms with Gasteiger partial charge in [-0.25, -0.2) is 0 Å². The number of ether oxygens (including phenoxy) is 2. The van der Waals surface area contributed by atoms with Crippen LogP contribution >= 0.6 is 0 Å². The van der Waals surface area contributed by atoms with Gasteiger partial charge in [-0.2, -0.15) is 0 Å². The Labute approximate surface area is 86.8 Å². The van der Waals surface area contributed by atoms with E-state index in [0.29, 0.717) is 38.4 Å². The predicted octanol–water partition coefficient (Wildman–Crippen LogP) is 2.19. The first kappa shape index (κ1) is 13.6. The molecule has 0 N–H and O–H groups in total. The second-order valence-electron chi connectivity index (χ2n) is 3.53. The van der Waals surface area contributed by atoms with E-state index in [-0.39, 0.29) is 6.10 Å². The van der Waals surface area contributed by atoms with Crippen LogP contribution in [-0.4, -0.2) is 31.7 Å². The summed E-state index contributed by atoms with van der Waals surface area (Å²) in [5, 5.41) is 0. The standard InChI is InChI=1S/C11H22O3/c1-4-11(12)6-5-7-13-8-9-14-10(2)3/h10H,4-9H2,1-3H3. The molecule has 0 radical (unpaired) electrons. The van der Waals surface area contributed by atoms with Gasteiger partial charge in [-0.15, -0.1) is 0 Å². The van der Waals surface area contributed by atoms with Gasteiger partial charge in [0, 0.05) is 19.4 Å². The molecule has 0 aliphatic carbocycles. The van der Waals surface area contributed by atoms with E-state index in [4.69, 9.17) is 9.47 Å². The maximum absolute atomic E-state index is 10.9. The van der Waals surface area contributed by atoms with Crippen LogP contribution in [0.25, 0.3) is 0 Å². The molecule has 0 aliphatic rings. The van der Waals surface area contributed by atoms with E-state index in [2.05, 4.69) is 0 Å². The van der Waals surface area contributed by atoms with Gasteiger partial charge in [0.2, 0.25) is 0 Å². The highest BCUT2D eigenvalue weighted by Gasteiger charge is 1.97. The van der Waals surface area contributed by atoms with Crippen molar-refractivity contribution < 1.29 is 14.3 Å². The Hall–Kier alpha value is -0.410. The van der Waals surface area contributed by atoms with Crippen LogP contribution in [0.15, 0.2) is 0 Å². The number of rotatable bonds is 9. The predicted molar refractivity (Wildman–Crippen MR) is 56.4 cm³/mol. The van der Waals surface area contributed by atoms with Crippen molar-refractivity contribution in [3.63, 3.8) is 0 Å². The van der Waals surface area contributed by atoms with Crippen LogP contribution in [-0.2, 0) is 14.3 Å². The van der Waals surface area contributed by atoms with Crippen LogP contribution in [0.3, 0.4) is 0 Å². The van der Waals surface area contributed by atoms with E-state index in [1.165, 1.54) is 0 Å². The number of ketones is 1. The van der Waals surface area contributed by atoms with Gasteiger partial charge in [-0.1, -0.05) is 6.92 Å². The van der Waals surface area contributed by atoms with Gasteiger partial charge in [-0.3, -0.25) is 4.79 Å². The lowest BCUT2D eigenvalue weighted by molar-refractivity contribution is -0.119. The molecule has 0 aromatic rings. The van der Waals surface area contributed by atoms with Gasteiger partial charge in [-0.05, 0) is 20.3 Å². The lowest BCUT2D eigenvalue weighted by Crippen LogP contribution is -2.10. The van der Waals surface area contributed by atoms with Crippen LogP contribution in [0.5, 0.6) is 0 Å². The average molecular weight is 202 g/mol. The summed E-state index contributed by atoms with van der Waals surface area (Å²) in [5.74, 6) is 0.312. The van der Waals surface area contributed by atoms with Crippen LogP contribution in [0.4, 0.5) is 0 Å². The smallest absolute Gasteiger partial charge is 0.132 e. The third kappa shape index (κ3) is 9.68. The average Bonchev–Trinajstić information content (AvgIpc) is 2.15. The lowest BCUT2D eigenvalue weighted by atomic mass is 10.2. The molecule has 14 heavy (non-hydrogen) atoms. The third-order valence-electron chi connectivity index (χ3n) is 1.82. The van der Waals surface area contributed by atoms with Gasteiger partial charge in [0.25, 0.3) is 0 Å². The number of hydrogen-bond donors (Lipinski definition) is 0. The Morgan fingerprint density at radius 2 is 1.93 bits per heavy atom. The molecule has 0 rings (SSSR count). The van der Waals surface area contributed by atoms with Crippen LogP contribution in [0.2, 0.25) is 0 Å². The first-order chi connectivity index (χ1) is 6.66. The normalized spacial score (nSPS) is 10.9. The highest BCUT2D eigenvalue weighted by molar-refractivity contribution is 5.77. The van der Waals surface area contributed by atoms with E-state index in [9.17, 15) is 4.79 Å². The molecule has 0 heterocycles. The van der Waals surface area contributed by atoms with E-state index in [0.717, 1.165) is 6.42 Å². The fourth-order valence-electron chi connectivity index (χ4n) is 0.993. The molecule has 84 valence electrons. The fraction of sp³-hybridized carbons (Fsp3) is 0.909. The van der Waals surface area contributed by atoms with E-state index in [1.807, 2.05) is 20.8 Å². The Balaban J connectivity index is 3.03. The minimum Gasteiger partial charge on any atom is -0.379 e. The van der Waals surface area contributed by atoms with Crippen molar-refractivity contribution in [2.75, 3.05) is 19.8 Å². The maximum atomic E-state index is 10.9. The minimum absolute atomic E-state index is 0.264. The molecule has 0 saturated carbocycles. The molecule has 3 heteroatoms. The summed E-state index contributed by atoms with van der Waals surface area (Å²) in [6.07, 6.45) is 2.37.